The van der Waals surface area contributed by atoms with E-state index in [4.69, 9.17) is 9.84 Å². The van der Waals surface area contributed by atoms with Crippen LogP contribution in [0.5, 0.6) is 0 Å². The van der Waals surface area contributed by atoms with Crippen molar-refractivity contribution < 1.29 is 24.2 Å². The van der Waals surface area contributed by atoms with Gasteiger partial charge in [-0.2, -0.15) is 0 Å². The zero-order valence-corrected chi connectivity index (χ0v) is 20.6. The molecule has 0 fully saturated rings. The number of hydrogen-bond acceptors (Lipinski definition) is 4. The standard InChI is InChI=1S/C28H36N2O5/c1-19(13-14-26(31)32)15-17-29-27(33)20(2)8-7-16-30-28(34)35-18-25-23-11-5-3-9-21(23)22-10-4-6-12-24(22)25/h3-6,9-12,19-20,25H,7-8,13-18H2,1-2H3,(H,29,33)(H,30,34)(H,31,32). The van der Waals surface area contributed by atoms with E-state index in [-0.39, 0.29) is 36.7 Å². The molecule has 3 rings (SSSR count). The highest BCUT2D eigenvalue weighted by Crippen LogP contribution is 2.44. The first kappa shape index (κ1) is 26.3. The summed E-state index contributed by atoms with van der Waals surface area (Å²) in [6, 6.07) is 16.4. The van der Waals surface area contributed by atoms with Crippen molar-refractivity contribution in [2.24, 2.45) is 11.8 Å². The van der Waals surface area contributed by atoms with E-state index in [1.807, 2.05) is 38.1 Å². The van der Waals surface area contributed by atoms with Crippen LogP contribution in [0.15, 0.2) is 48.5 Å². The molecule has 2 amide bonds. The monoisotopic (exact) mass is 480 g/mol. The fourth-order valence-electron chi connectivity index (χ4n) is 4.51. The average Bonchev–Trinajstić information content (AvgIpc) is 3.17. The Balaban J connectivity index is 1.32. The van der Waals surface area contributed by atoms with E-state index in [1.165, 1.54) is 22.3 Å². The summed E-state index contributed by atoms with van der Waals surface area (Å²) in [6.45, 7) is 5.13. The van der Waals surface area contributed by atoms with Crippen molar-refractivity contribution in [2.45, 2.75) is 51.9 Å². The SMILES string of the molecule is CC(CCNC(=O)C(C)CCCNC(=O)OCC1c2ccccc2-c2ccccc21)CCC(=O)O. The van der Waals surface area contributed by atoms with E-state index < -0.39 is 12.1 Å². The van der Waals surface area contributed by atoms with Gasteiger partial charge in [0.05, 0.1) is 0 Å². The van der Waals surface area contributed by atoms with E-state index in [0.717, 1.165) is 6.42 Å². The van der Waals surface area contributed by atoms with Gasteiger partial charge in [0.25, 0.3) is 0 Å². The van der Waals surface area contributed by atoms with E-state index >= 15 is 0 Å². The lowest BCUT2D eigenvalue weighted by Crippen LogP contribution is -2.32. The Hall–Kier alpha value is -3.35. The van der Waals surface area contributed by atoms with Crippen LogP contribution in [0.4, 0.5) is 4.79 Å². The molecule has 0 aliphatic heterocycles. The number of rotatable bonds is 13. The minimum atomic E-state index is -0.791. The Morgan fingerprint density at radius 2 is 1.51 bits per heavy atom. The van der Waals surface area contributed by atoms with Crippen molar-refractivity contribution in [3.05, 3.63) is 59.7 Å². The predicted molar refractivity (Wildman–Crippen MR) is 135 cm³/mol. The number of ether oxygens (including phenoxy) is 1. The lowest BCUT2D eigenvalue weighted by atomic mass is 9.98. The molecule has 2 aromatic rings. The van der Waals surface area contributed by atoms with Crippen LogP contribution in [-0.4, -0.2) is 42.8 Å². The third-order valence-corrected chi connectivity index (χ3v) is 6.66. The number of carbonyl (C=O) groups excluding carboxylic acids is 2. The van der Waals surface area contributed by atoms with Crippen molar-refractivity contribution >= 4 is 18.0 Å². The first-order chi connectivity index (χ1) is 16.9. The molecule has 35 heavy (non-hydrogen) atoms. The van der Waals surface area contributed by atoms with Crippen molar-refractivity contribution in [3.63, 3.8) is 0 Å². The topological polar surface area (TPSA) is 105 Å². The van der Waals surface area contributed by atoms with Gasteiger partial charge in [-0.15, -0.1) is 0 Å². The molecule has 0 aromatic heterocycles. The molecule has 7 nitrogen and oxygen atoms in total. The lowest BCUT2D eigenvalue weighted by molar-refractivity contribution is -0.137. The van der Waals surface area contributed by atoms with E-state index in [2.05, 4.69) is 34.9 Å². The molecule has 0 saturated heterocycles. The van der Waals surface area contributed by atoms with Crippen LogP contribution in [0.3, 0.4) is 0 Å². The summed E-state index contributed by atoms with van der Waals surface area (Å²) in [5.74, 6) is -0.682. The van der Waals surface area contributed by atoms with Gasteiger partial charge in [0.1, 0.15) is 6.61 Å². The predicted octanol–water partition coefficient (Wildman–Crippen LogP) is 4.95. The molecule has 0 heterocycles. The number of carboxylic acids is 1. The Morgan fingerprint density at radius 1 is 0.886 bits per heavy atom. The van der Waals surface area contributed by atoms with Gasteiger partial charge in [0.15, 0.2) is 0 Å². The third-order valence-electron chi connectivity index (χ3n) is 6.66. The van der Waals surface area contributed by atoms with Crippen LogP contribution in [0, 0.1) is 11.8 Å². The van der Waals surface area contributed by atoms with Crippen LogP contribution in [-0.2, 0) is 14.3 Å². The van der Waals surface area contributed by atoms with E-state index in [0.29, 0.717) is 32.4 Å². The van der Waals surface area contributed by atoms with E-state index in [9.17, 15) is 14.4 Å². The molecule has 0 spiro atoms. The highest BCUT2D eigenvalue weighted by molar-refractivity contribution is 5.79. The van der Waals surface area contributed by atoms with Crippen LogP contribution in [0.2, 0.25) is 0 Å². The summed E-state index contributed by atoms with van der Waals surface area (Å²) in [5.41, 5.74) is 4.74. The number of carboxylic acid groups (broad SMARTS) is 1. The quantitative estimate of drug-likeness (QED) is 0.352. The maximum Gasteiger partial charge on any atom is 0.407 e. The maximum atomic E-state index is 12.3. The molecule has 1 aliphatic rings. The number of hydrogen-bond donors (Lipinski definition) is 3. The normalized spacial score (nSPS) is 13.9. The minimum absolute atomic E-state index is 0.0171. The van der Waals surface area contributed by atoms with Gasteiger partial charge < -0.3 is 20.5 Å². The van der Waals surface area contributed by atoms with E-state index in [1.54, 1.807) is 0 Å². The fraction of sp³-hybridized carbons (Fsp3) is 0.464. The zero-order valence-electron chi connectivity index (χ0n) is 20.6. The average molecular weight is 481 g/mol. The molecular formula is C28H36N2O5. The highest BCUT2D eigenvalue weighted by atomic mass is 16.5. The summed E-state index contributed by atoms with van der Waals surface area (Å²) in [7, 11) is 0. The molecule has 0 bridgehead atoms. The molecule has 0 radical (unpaired) electrons. The molecule has 1 aliphatic carbocycles. The molecular weight excluding hydrogens is 444 g/mol. The maximum absolute atomic E-state index is 12.3. The number of aliphatic carboxylic acids is 1. The number of amides is 2. The molecule has 0 saturated carbocycles. The number of carbonyl (C=O) groups is 3. The Morgan fingerprint density at radius 3 is 2.14 bits per heavy atom. The van der Waals surface area contributed by atoms with Gasteiger partial charge in [-0.25, -0.2) is 4.79 Å². The molecule has 7 heteroatoms. The second kappa shape index (κ2) is 12.9. The lowest BCUT2D eigenvalue weighted by Gasteiger charge is -2.15. The first-order valence-corrected chi connectivity index (χ1v) is 12.4. The summed E-state index contributed by atoms with van der Waals surface area (Å²) in [5, 5.41) is 14.4. The van der Waals surface area contributed by atoms with Gasteiger partial charge in [0.2, 0.25) is 5.91 Å². The van der Waals surface area contributed by atoms with Gasteiger partial charge in [0, 0.05) is 31.3 Å². The van der Waals surface area contributed by atoms with Crippen LogP contribution < -0.4 is 10.6 Å². The molecule has 3 N–H and O–H groups in total. The summed E-state index contributed by atoms with van der Waals surface area (Å²) >= 11 is 0. The minimum Gasteiger partial charge on any atom is -0.481 e. The van der Waals surface area contributed by atoms with Gasteiger partial charge >= 0.3 is 12.1 Å². The number of fused-ring (bicyclic) bond motifs is 3. The van der Waals surface area contributed by atoms with Crippen molar-refractivity contribution in [2.75, 3.05) is 19.7 Å². The fourth-order valence-corrected chi connectivity index (χ4v) is 4.51. The summed E-state index contributed by atoms with van der Waals surface area (Å²) < 4.78 is 5.54. The number of nitrogens with one attached hydrogen (secondary N) is 2. The number of alkyl carbamates (subject to hydrolysis) is 1. The van der Waals surface area contributed by atoms with Gasteiger partial charge in [-0.1, -0.05) is 62.4 Å². The van der Waals surface area contributed by atoms with Crippen LogP contribution >= 0.6 is 0 Å². The Kier molecular flexibility index (Phi) is 9.70. The van der Waals surface area contributed by atoms with Crippen LogP contribution in [0.25, 0.3) is 11.1 Å². The number of benzene rings is 2. The van der Waals surface area contributed by atoms with Crippen molar-refractivity contribution in [1.29, 1.82) is 0 Å². The van der Waals surface area contributed by atoms with Gasteiger partial charge in [-0.05, 0) is 53.9 Å². The third kappa shape index (κ3) is 7.57. The van der Waals surface area contributed by atoms with Gasteiger partial charge in [-0.3, -0.25) is 9.59 Å². The second-order valence-electron chi connectivity index (χ2n) is 9.41. The Labute approximate surface area is 207 Å². The zero-order chi connectivity index (χ0) is 25.2. The summed E-state index contributed by atoms with van der Waals surface area (Å²) in [4.78, 5) is 35.1. The largest absolute Gasteiger partial charge is 0.481 e. The van der Waals surface area contributed by atoms with Crippen molar-refractivity contribution in [1.82, 2.24) is 10.6 Å². The molecule has 2 aromatic carbocycles. The highest BCUT2D eigenvalue weighted by Gasteiger charge is 2.28. The molecule has 188 valence electrons. The second-order valence-corrected chi connectivity index (χ2v) is 9.41. The first-order valence-electron chi connectivity index (χ1n) is 12.4. The smallest absolute Gasteiger partial charge is 0.407 e. The molecule has 2 atom stereocenters. The van der Waals surface area contributed by atoms with Crippen molar-refractivity contribution in [3.8, 4) is 11.1 Å². The Bertz CT molecular complexity index is 976. The van der Waals surface area contributed by atoms with Crippen LogP contribution in [0.1, 0.15) is 63.0 Å². The molecule has 2 unspecified atom stereocenters. The summed E-state index contributed by atoms with van der Waals surface area (Å²) in [6.07, 6.45) is 2.41.